The van der Waals surface area contributed by atoms with Gasteiger partial charge in [0.2, 0.25) is 0 Å². The maximum absolute atomic E-state index is 14.2. The van der Waals surface area contributed by atoms with Crippen molar-refractivity contribution in [2.45, 2.75) is 58.4 Å². The minimum atomic E-state index is -0.522. The van der Waals surface area contributed by atoms with Crippen LogP contribution in [-0.2, 0) is 18.4 Å². The maximum atomic E-state index is 14.2. The summed E-state index contributed by atoms with van der Waals surface area (Å²) in [7, 11) is 0. The highest BCUT2D eigenvalue weighted by molar-refractivity contribution is 5.75. The second kappa shape index (κ2) is 8.81. The first-order chi connectivity index (χ1) is 15.8. The molecule has 3 N–H and O–H groups in total. The molecule has 1 atom stereocenters. The van der Waals surface area contributed by atoms with E-state index in [4.69, 9.17) is 15.8 Å². The lowest BCUT2D eigenvalue weighted by Gasteiger charge is -2.28. The zero-order valence-electron chi connectivity index (χ0n) is 19.6. The van der Waals surface area contributed by atoms with Crippen molar-refractivity contribution in [3.05, 3.63) is 77.4 Å². The number of nitrogen functional groups attached to an aromatic ring is 1. The highest BCUT2D eigenvalue weighted by Gasteiger charge is 2.43. The molecule has 0 radical (unpaired) electrons. The number of benzene rings is 1. The van der Waals surface area contributed by atoms with Crippen molar-refractivity contribution in [3.8, 4) is 11.5 Å². The van der Waals surface area contributed by atoms with Gasteiger partial charge in [0.25, 0.3) is 0 Å². The van der Waals surface area contributed by atoms with Gasteiger partial charge in [-0.1, -0.05) is 63.6 Å². The smallest absolute Gasteiger partial charge is 0.184 e. The van der Waals surface area contributed by atoms with E-state index >= 15 is 0 Å². The summed E-state index contributed by atoms with van der Waals surface area (Å²) in [6, 6.07) is 8.71. The molecule has 1 aliphatic rings. The zero-order valence-corrected chi connectivity index (χ0v) is 19.6. The molecule has 172 valence electrons. The van der Waals surface area contributed by atoms with Crippen LogP contribution in [0.25, 0.3) is 11.5 Å². The number of hydrogen-bond donors (Lipinski definition) is 2. The second-order valence-corrected chi connectivity index (χ2v) is 8.76. The summed E-state index contributed by atoms with van der Waals surface area (Å²) in [4.78, 5) is 9.38. The van der Waals surface area contributed by atoms with E-state index in [1.54, 1.807) is 12.1 Å². The summed E-state index contributed by atoms with van der Waals surface area (Å²) in [6.45, 7) is 15.1. The summed E-state index contributed by atoms with van der Waals surface area (Å²) in [6.07, 6.45) is 3.59. The van der Waals surface area contributed by atoms with E-state index in [0.717, 1.165) is 48.2 Å². The third-order valence-corrected chi connectivity index (χ3v) is 6.45. The van der Waals surface area contributed by atoms with E-state index in [1.165, 1.54) is 6.07 Å². The molecule has 0 spiro atoms. The lowest BCUT2D eigenvalue weighted by Crippen LogP contribution is -2.25. The van der Waals surface area contributed by atoms with Gasteiger partial charge in [-0.15, -0.1) is 0 Å². The van der Waals surface area contributed by atoms with E-state index in [0.29, 0.717) is 35.3 Å². The number of allylic oxidation sites excluding steroid dienone is 1. The molecule has 0 amide bonds. The quantitative estimate of drug-likeness (QED) is 0.439. The Hall–Kier alpha value is -3.48. The van der Waals surface area contributed by atoms with Crippen LogP contribution in [-0.4, -0.2) is 19.7 Å². The molecule has 1 aromatic carbocycles. The summed E-state index contributed by atoms with van der Waals surface area (Å²) >= 11 is 0. The third-order valence-electron chi connectivity index (χ3n) is 6.45. The van der Waals surface area contributed by atoms with E-state index in [9.17, 15) is 4.39 Å². The van der Waals surface area contributed by atoms with Gasteiger partial charge in [0.1, 0.15) is 23.1 Å². The zero-order chi connectivity index (χ0) is 23.8. The van der Waals surface area contributed by atoms with Gasteiger partial charge < -0.3 is 11.1 Å². The Bertz CT molecular complexity index is 1230. The number of aromatic nitrogens is 4. The number of rotatable bonds is 8. The number of anilines is 2. The largest absolute Gasteiger partial charge is 0.383 e. The topological polar surface area (TPSA) is 81.7 Å². The normalized spacial score (nSPS) is 17.2. The van der Waals surface area contributed by atoms with Crippen molar-refractivity contribution in [1.29, 1.82) is 0 Å². The fourth-order valence-electron chi connectivity index (χ4n) is 4.48. The highest BCUT2D eigenvalue weighted by Crippen LogP contribution is 2.49. The van der Waals surface area contributed by atoms with Gasteiger partial charge in [0, 0.05) is 17.0 Å². The first-order valence-corrected chi connectivity index (χ1v) is 11.4. The predicted molar refractivity (Wildman–Crippen MR) is 131 cm³/mol. The molecule has 6 nitrogen and oxygen atoms in total. The highest BCUT2D eigenvalue weighted by atomic mass is 19.1. The van der Waals surface area contributed by atoms with Gasteiger partial charge in [-0.05, 0) is 31.9 Å². The van der Waals surface area contributed by atoms with Crippen molar-refractivity contribution in [2.75, 3.05) is 11.1 Å². The molecule has 2 aromatic heterocycles. The van der Waals surface area contributed by atoms with Crippen LogP contribution in [0.2, 0.25) is 0 Å². The Morgan fingerprint density at radius 2 is 1.97 bits per heavy atom. The molecule has 1 aliphatic heterocycles. The minimum absolute atomic E-state index is 0.246. The Morgan fingerprint density at radius 3 is 2.67 bits per heavy atom. The fraction of sp³-hybridized carbons (Fsp3) is 0.346. The summed E-state index contributed by atoms with van der Waals surface area (Å²) in [5.41, 5.74) is 10.8. The van der Waals surface area contributed by atoms with Crippen LogP contribution in [0.3, 0.4) is 0 Å². The maximum Gasteiger partial charge on any atom is 0.184 e. The molecule has 0 bridgehead atoms. The monoisotopic (exact) mass is 446 g/mol. The molecule has 0 saturated carbocycles. The van der Waals surface area contributed by atoms with Crippen molar-refractivity contribution < 1.29 is 4.39 Å². The standard InChI is InChI=1S/C26H31FN6/c1-6-10-16(3)26(5)17(4)29-25-22(26)23(28)30-24(31-25)21-14-19(11-7-2)33(32-21)15-18-12-8-9-13-20(18)27/h8-9,12-14H,3-4,6-7,10-11,15H2,1-2,5H3,(H3,28,29,30,31). The van der Waals surface area contributed by atoms with Crippen molar-refractivity contribution in [3.63, 3.8) is 0 Å². The molecular weight excluding hydrogens is 415 g/mol. The summed E-state index contributed by atoms with van der Waals surface area (Å²) in [5.74, 6) is 1.22. The number of hydrogen-bond acceptors (Lipinski definition) is 5. The van der Waals surface area contributed by atoms with E-state index in [2.05, 4.69) is 44.2 Å². The van der Waals surface area contributed by atoms with Crippen LogP contribution < -0.4 is 11.1 Å². The van der Waals surface area contributed by atoms with Crippen LogP contribution in [0, 0.1) is 5.82 Å². The SMILES string of the molecule is C=C(CCC)C1(C)C(=C)Nc2nc(-c3cc(CCC)n(Cc4ccccc4F)n3)nc(N)c21. The van der Waals surface area contributed by atoms with Gasteiger partial charge in [-0.25, -0.2) is 14.4 Å². The first-order valence-electron chi connectivity index (χ1n) is 11.4. The van der Waals surface area contributed by atoms with Crippen LogP contribution in [0.5, 0.6) is 0 Å². The van der Waals surface area contributed by atoms with Gasteiger partial charge in [0.15, 0.2) is 5.82 Å². The van der Waals surface area contributed by atoms with Gasteiger partial charge in [0.05, 0.1) is 17.5 Å². The molecule has 3 aromatic rings. The Morgan fingerprint density at radius 1 is 1.21 bits per heavy atom. The number of fused-ring (bicyclic) bond motifs is 1. The van der Waals surface area contributed by atoms with Crippen molar-refractivity contribution in [1.82, 2.24) is 19.7 Å². The number of nitrogens with two attached hydrogens (primary N) is 1. The average molecular weight is 447 g/mol. The Labute approximate surface area is 194 Å². The summed E-state index contributed by atoms with van der Waals surface area (Å²) in [5, 5.41) is 8.03. The van der Waals surface area contributed by atoms with Gasteiger partial charge >= 0.3 is 0 Å². The minimum Gasteiger partial charge on any atom is -0.383 e. The van der Waals surface area contributed by atoms with E-state index in [-0.39, 0.29) is 5.82 Å². The summed E-state index contributed by atoms with van der Waals surface area (Å²) < 4.78 is 16.1. The molecule has 4 rings (SSSR count). The van der Waals surface area contributed by atoms with Crippen LogP contribution in [0.4, 0.5) is 16.0 Å². The van der Waals surface area contributed by atoms with Crippen molar-refractivity contribution in [2.24, 2.45) is 0 Å². The molecule has 0 saturated heterocycles. The molecule has 0 fully saturated rings. The number of halogens is 1. The number of nitrogens with one attached hydrogen (secondary N) is 1. The lowest BCUT2D eigenvalue weighted by atomic mass is 9.75. The number of nitrogens with zero attached hydrogens (tertiary/aromatic N) is 4. The second-order valence-electron chi connectivity index (χ2n) is 8.76. The molecule has 33 heavy (non-hydrogen) atoms. The molecular formula is C26H31FN6. The molecule has 1 unspecified atom stereocenters. The first kappa shape index (κ1) is 22.7. The van der Waals surface area contributed by atoms with Crippen LogP contribution in [0.15, 0.2) is 54.8 Å². The predicted octanol–water partition coefficient (Wildman–Crippen LogP) is 5.62. The number of aryl methyl sites for hydroxylation is 1. The van der Waals surface area contributed by atoms with Crippen LogP contribution >= 0.6 is 0 Å². The third kappa shape index (κ3) is 3.92. The van der Waals surface area contributed by atoms with E-state index < -0.39 is 5.41 Å². The molecule has 0 aliphatic carbocycles. The Balaban J connectivity index is 1.75. The molecule has 7 heteroatoms. The average Bonchev–Trinajstić information content (AvgIpc) is 3.29. The van der Waals surface area contributed by atoms with Gasteiger partial charge in [-0.2, -0.15) is 5.10 Å². The fourth-order valence-corrected chi connectivity index (χ4v) is 4.48. The molecule has 3 heterocycles. The van der Waals surface area contributed by atoms with E-state index in [1.807, 2.05) is 16.8 Å². The lowest BCUT2D eigenvalue weighted by molar-refractivity contribution is 0.574. The van der Waals surface area contributed by atoms with Crippen LogP contribution in [0.1, 0.15) is 56.9 Å². The van der Waals surface area contributed by atoms with Gasteiger partial charge in [-0.3, -0.25) is 4.68 Å². The van der Waals surface area contributed by atoms with Crippen molar-refractivity contribution >= 4 is 11.6 Å². The Kier molecular flexibility index (Phi) is 6.06.